The molecule has 1 amide bonds. The minimum atomic E-state index is -0.854. The SMILES string of the molecule is CC/C=C\C/C=C\C/C=C\C/C=C\C/C=C\C/C=C\C/C=C\C/C=C\CCCCCCCCC(=O)NC(CO)C(O)/C=C/CCCCCCCCCCCCCCCCCCCCC. The molecule has 0 heterocycles. The number of hydrogen-bond acceptors (Lipinski definition) is 3. The molecule has 0 aliphatic rings. The summed E-state index contributed by atoms with van der Waals surface area (Å²) < 4.78 is 0. The van der Waals surface area contributed by atoms with Crippen LogP contribution in [0.5, 0.6) is 0 Å². The van der Waals surface area contributed by atoms with Crippen molar-refractivity contribution in [3.63, 3.8) is 0 Å². The van der Waals surface area contributed by atoms with Crippen LogP contribution in [0.25, 0.3) is 0 Å². The van der Waals surface area contributed by atoms with Crippen LogP contribution in [-0.4, -0.2) is 34.9 Å². The first-order valence-electron chi connectivity index (χ1n) is 27.1. The number of hydrogen-bond donors (Lipinski definition) is 3. The Morgan fingerprint density at radius 3 is 1.03 bits per heavy atom. The van der Waals surface area contributed by atoms with Gasteiger partial charge in [0, 0.05) is 6.42 Å². The fourth-order valence-electron chi connectivity index (χ4n) is 7.66. The van der Waals surface area contributed by atoms with Crippen molar-refractivity contribution in [2.24, 2.45) is 0 Å². The molecule has 0 aromatic rings. The van der Waals surface area contributed by atoms with E-state index in [1.807, 2.05) is 6.08 Å². The third kappa shape index (κ3) is 50.1. The molecule has 3 N–H and O–H groups in total. The van der Waals surface area contributed by atoms with Gasteiger partial charge < -0.3 is 15.5 Å². The van der Waals surface area contributed by atoms with Crippen LogP contribution in [0.3, 0.4) is 0 Å². The molecule has 0 spiro atoms. The van der Waals surface area contributed by atoms with E-state index in [1.54, 1.807) is 6.08 Å². The van der Waals surface area contributed by atoms with Crippen molar-refractivity contribution in [3.8, 4) is 0 Å². The lowest BCUT2D eigenvalue weighted by molar-refractivity contribution is -0.123. The Morgan fingerprint density at radius 2 is 0.688 bits per heavy atom. The van der Waals surface area contributed by atoms with E-state index in [2.05, 4.69) is 116 Å². The lowest BCUT2D eigenvalue weighted by atomic mass is 10.0. The van der Waals surface area contributed by atoms with E-state index < -0.39 is 12.1 Å². The Bertz CT molecular complexity index is 1230. The van der Waals surface area contributed by atoms with Crippen LogP contribution in [0.2, 0.25) is 0 Å². The minimum absolute atomic E-state index is 0.0816. The highest BCUT2D eigenvalue weighted by molar-refractivity contribution is 5.76. The molecule has 0 aromatic heterocycles. The molecular weight excluding hydrogens is 783 g/mol. The fourth-order valence-corrected chi connectivity index (χ4v) is 7.66. The van der Waals surface area contributed by atoms with E-state index in [0.717, 1.165) is 89.9 Å². The van der Waals surface area contributed by atoms with E-state index in [1.165, 1.54) is 135 Å². The van der Waals surface area contributed by atoms with Gasteiger partial charge in [-0.1, -0.05) is 264 Å². The molecule has 0 aromatic carbocycles. The second-order valence-electron chi connectivity index (χ2n) is 17.9. The molecular formula is C60H103NO3. The summed E-state index contributed by atoms with van der Waals surface area (Å²) in [4.78, 5) is 12.5. The zero-order valence-corrected chi connectivity index (χ0v) is 42.0. The summed E-state index contributed by atoms with van der Waals surface area (Å²) in [5, 5.41) is 23.1. The molecule has 4 nitrogen and oxygen atoms in total. The van der Waals surface area contributed by atoms with Gasteiger partial charge in [-0.25, -0.2) is 0 Å². The molecule has 0 aliphatic carbocycles. The van der Waals surface area contributed by atoms with Crippen molar-refractivity contribution in [3.05, 3.63) is 109 Å². The van der Waals surface area contributed by atoms with Gasteiger partial charge in [-0.15, -0.1) is 0 Å². The maximum absolute atomic E-state index is 12.5. The molecule has 2 atom stereocenters. The maximum atomic E-state index is 12.5. The summed E-state index contributed by atoms with van der Waals surface area (Å²) in [6.07, 6.45) is 82.3. The molecule has 0 saturated carbocycles. The van der Waals surface area contributed by atoms with E-state index in [-0.39, 0.29) is 12.5 Å². The van der Waals surface area contributed by atoms with Crippen LogP contribution in [-0.2, 0) is 4.79 Å². The van der Waals surface area contributed by atoms with Gasteiger partial charge in [0.25, 0.3) is 0 Å². The monoisotopic (exact) mass is 886 g/mol. The largest absolute Gasteiger partial charge is 0.394 e. The summed E-state index contributed by atoms with van der Waals surface area (Å²) in [5.41, 5.74) is 0. The summed E-state index contributed by atoms with van der Waals surface area (Å²) in [6.45, 7) is 4.20. The predicted molar refractivity (Wildman–Crippen MR) is 285 cm³/mol. The van der Waals surface area contributed by atoms with Crippen LogP contribution in [0.1, 0.15) is 245 Å². The smallest absolute Gasteiger partial charge is 0.220 e. The van der Waals surface area contributed by atoms with E-state index in [0.29, 0.717) is 6.42 Å². The van der Waals surface area contributed by atoms with Crippen LogP contribution in [0.15, 0.2) is 109 Å². The van der Waals surface area contributed by atoms with Gasteiger partial charge in [0.1, 0.15) is 0 Å². The van der Waals surface area contributed by atoms with Crippen molar-refractivity contribution in [1.29, 1.82) is 0 Å². The fraction of sp³-hybridized carbons (Fsp3) is 0.683. The minimum Gasteiger partial charge on any atom is -0.394 e. The number of amides is 1. The Balaban J connectivity index is 3.64. The molecule has 0 bridgehead atoms. The van der Waals surface area contributed by atoms with Gasteiger partial charge >= 0.3 is 0 Å². The van der Waals surface area contributed by atoms with Crippen molar-refractivity contribution in [1.82, 2.24) is 5.32 Å². The summed E-state index contributed by atoms with van der Waals surface area (Å²) in [5.74, 6) is -0.0816. The number of allylic oxidation sites excluding steroid dienone is 17. The lowest BCUT2D eigenvalue weighted by Gasteiger charge is -2.20. The second-order valence-corrected chi connectivity index (χ2v) is 17.9. The number of nitrogens with one attached hydrogen (secondary N) is 1. The highest BCUT2D eigenvalue weighted by Crippen LogP contribution is 2.15. The number of unbranched alkanes of at least 4 members (excludes halogenated alkanes) is 25. The topological polar surface area (TPSA) is 69.6 Å². The number of carbonyl (C=O) groups excluding carboxylic acids is 1. The van der Waals surface area contributed by atoms with Gasteiger partial charge in [-0.05, 0) is 83.5 Å². The van der Waals surface area contributed by atoms with Crippen molar-refractivity contribution in [2.75, 3.05) is 6.61 Å². The molecule has 0 radical (unpaired) electrons. The van der Waals surface area contributed by atoms with Crippen molar-refractivity contribution in [2.45, 2.75) is 257 Å². The molecule has 0 rings (SSSR count). The molecule has 0 aliphatic heterocycles. The van der Waals surface area contributed by atoms with Gasteiger partial charge in [0.15, 0.2) is 0 Å². The maximum Gasteiger partial charge on any atom is 0.220 e. The van der Waals surface area contributed by atoms with Gasteiger partial charge in [0.2, 0.25) is 5.91 Å². The van der Waals surface area contributed by atoms with Gasteiger partial charge in [-0.3, -0.25) is 4.79 Å². The Morgan fingerprint density at radius 1 is 0.391 bits per heavy atom. The highest BCUT2D eigenvalue weighted by Gasteiger charge is 2.18. The zero-order chi connectivity index (χ0) is 46.3. The van der Waals surface area contributed by atoms with Crippen LogP contribution >= 0.6 is 0 Å². The number of carbonyl (C=O) groups is 1. The zero-order valence-electron chi connectivity index (χ0n) is 42.0. The highest BCUT2D eigenvalue weighted by atomic mass is 16.3. The normalized spacial score (nSPS) is 13.8. The van der Waals surface area contributed by atoms with Crippen LogP contribution in [0.4, 0.5) is 0 Å². The lowest BCUT2D eigenvalue weighted by Crippen LogP contribution is -2.45. The molecule has 64 heavy (non-hydrogen) atoms. The predicted octanol–water partition coefficient (Wildman–Crippen LogP) is 17.9. The second kappa shape index (κ2) is 54.4. The van der Waals surface area contributed by atoms with E-state index >= 15 is 0 Å². The number of rotatable bonds is 48. The van der Waals surface area contributed by atoms with E-state index in [4.69, 9.17) is 0 Å². The molecule has 366 valence electrons. The molecule has 0 fully saturated rings. The van der Waals surface area contributed by atoms with Crippen molar-refractivity contribution >= 4 is 5.91 Å². The first-order valence-corrected chi connectivity index (χ1v) is 27.1. The van der Waals surface area contributed by atoms with Crippen LogP contribution in [0, 0.1) is 0 Å². The van der Waals surface area contributed by atoms with Crippen LogP contribution < -0.4 is 5.32 Å². The molecule has 0 saturated heterocycles. The molecule has 4 heteroatoms. The standard InChI is InChI=1S/C60H103NO3/c1-3-5-7-9-11-13-15-17-19-21-23-25-26-27-28-29-30-31-32-33-34-36-38-40-42-44-46-48-50-52-54-56-60(64)61-58(57-62)59(63)55-53-51-49-47-45-43-41-39-37-35-24-22-20-18-16-14-12-10-8-6-4-2/h5,7,11,13,17,19,23,25,27-28,30-31,33-34,38,40,53,55,58-59,62-63H,3-4,6,8-10,12,14-16,18,20-22,24,26,29,32,35-37,39,41-52,54,56-57H2,1-2H3,(H,61,64)/b7-5-,13-11-,19-17-,25-23-,28-27-,31-30-,34-33-,40-38-,55-53+. The summed E-state index contributed by atoms with van der Waals surface area (Å²) in [6, 6.07) is -0.639. The Kier molecular flexibility index (Phi) is 51.9. The van der Waals surface area contributed by atoms with Gasteiger partial charge in [-0.2, -0.15) is 0 Å². The average Bonchev–Trinajstić information content (AvgIpc) is 3.30. The first kappa shape index (κ1) is 61.0. The third-order valence-electron chi connectivity index (χ3n) is 11.8. The summed E-state index contributed by atoms with van der Waals surface area (Å²) >= 11 is 0. The van der Waals surface area contributed by atoms with Gasteiger partial charge in [0.05, 0.1) is 18.8 Å². The summed E-state index contributed by atoms with van der Waals surface area (Å²) in [7, 11) is 0. The van der Waals surface area contributed by atoms with Crippen molar-refractivity contribution < 1.29 is 15.0 Å². The average molecular weight is 886 g/mol. The Labute approximate surface area is 397 Å². The number of aliphatic hydroxyl groups is 2. The first-order chi connectivity index (χ1) is 31.7. The third-order valence-corrected chi connectivity index (χ3v) is 11.8. The molecule has 2 unspecified atom stereocenters. The van der Waals surface area contributed by atoms with E-state index in [9.17, 15) is 15.0 Å². The number of aliphatic hydroxyl groups excluding tert-OH is 2. The Hall–Kier alpha value is -2.95. The quantitative estimate of drug-likeness (QED) is 0.0421.